The molecule has 3 rings (SSSR count). The lowest BCUT2D eigenvalue weighted by Gasteiger charge is -2.39. The summed E-state index contributed by atoms with van der Waals surface area (Å²) in [4.78, 5) is 38.7. The van der Waals surface area contributed by atoms with E-state index in [2.05, 4.69) is 4.72 Å². The fourth-order valence-electron chi connectivity index (χ4n) is 4.13. The van der Waals surface area contributed by atoms with E-state index >= 15 is 8.78 Å². The van der Waals surface area contributed by atoms with Gasteiger partial charge in [0.15, 0.2) is 0 Å². The summed E-state index contributed by atoms with van der Waals surface area (Å²) in [7, 11) is 0. The van der Waals surface area contributed by atoms with Gasteiger partial charge in [-0.1, -0.05) is 12.1 Å². The van der Waals surface area contributed by atoms with Gasteiger partial charge in [0.1, 0.15) is 16.5 Å². The lowest BCUT2D eigenvalue weighted by Crippen LogP contribution is -2.62. The third-order valence-electron chi connectivity index (χ3n) is 6.07. The second kappa shape index (κ2) is 10.9. The lowest BCUT2D eigenvalue weighted by molar-refractivity contribution is -0.151. The Morgan fingerprint density at radius 3 is 2.49 bits per heavy atom. The van der Waals surface area contributed by atoms with Gasteiger partial charge >= 0.3 is 6.03 Å². The minimum atomic E-state index is -3.69. The molecule has 0 radical (unpaired) electrons. The van der Waals surface area contributed by atoms with Crippen LogP contribution in [0.5, 0.6) is 0 Å². The summed E-state index contributed by atoms with van der Waals surface area (Å²) in [5, 5.41) is 2.02. The van der Waals surface area contributed by atoms with Gasteiger partial charge in [-0.2, -0.15) is 0 Å². The van der Waals surface area contributed by atoms with Crippen LogP contribution in [-0.2, 0) is 25.7 Å². The number of benzene rings is 1. The Morgan fingerprint density at radius 1 is 1.23 bits per heavy atom. The molecule has 2 aliphatic heterocycles. The quantitative estimate of drug-likeness (QED) is 0.405. The third-order valence-corrected chi connectivity index (χ3v) is 7.61. The van der Waals surface area contributed by atoms with Crippen molar-refractivity contribution in [3.63, 3.8) is 0 Å². The number of imide groups is 2. The van der Waals surface area contributed by atoms with E-state index in [1.54, 1.807) is 20.8 Å². The molecule has 2 aliphatic rings. The molecule has 1 aromatic carbocycles. The van der Waals surface area contributed by atoms with Crippen LogP contribution in [0.2, 0.25) is 0 Å². The molecule has 2 fully saturated rings. The van der Waals surface area contributed by atoms with Gasteiger partial charge in [-0.05, 0) is 51.3 Å². The molecule has 0 bridgehead atoms. The minimum Gasteiger partial charge on any atom is -0.598 e. The molecule has 0 aliphatic carbocycles. The van der Waals surface area contributed by atoms with E-state index in [-0.39, 0.29) is 5.56 Å². The Bertz CT molecular complexity index is 953. The highest BCUT2D eigenvalue weighted by molar-refractivity contribution is 7.90. The average Bonchev–Trinajstić information content (AvgIpc) is 2.76. The maximum absolute atomic E-state index is 15.7. The number of halogens is 3. The summed E-state index contributed by atoms with van der Waals surface area (Å²) in [6, 6.07) is 3.14. The van der Waals surface area contributed by atoms with Crippen LogP contribution < -0.4 is 10.0 Å². The predicted octanol–water partition coefficient (Wildman–Crippen LogP) is 2.86. The number of carbonyl (C=O) groups excluding carboxylic acids is 3. The monoisotopic (exact) mass is 517 g/mol. The molecule has 194 valence electrons. The summed E-state index contributed by atoms with van der Waals surface area (Å²) in [6.45, 7) is 5.10. The second-order valence-corrected chi connectivity index (χ2v) is 11.8. The minimum absolute atomic E-state index is 0.0746. The second-order valence-electron chi connectivity index (χ2n) is 9.70. The molecule has 8 nitrogen and oxygen atoms in total. The molecule has 0 spiro atoms. The number of rotatable bonds is 8. The van der Waals surface area contributed by atoms with E-state index in [9.17, 15) is 23.3 Å². The Hall–Kier alpha value is -2.15. The fraction of sp³-hybridized carbons (Fsp3) is 0.609. The highest BCUT2D eigenvalue weighted by atomic mass is 32.2. The van der Waals surface area contributed by atoms with Crippen LogP contribution in [0.15, 0.2) is 24.3 Å². The van der Waals surface area contributed by atoms with Crippen LogP contribution in [0.25, 0.3) is 0 Å². The number of amides is 4. The molecule has 2 heterocycles. The zero-order valence-corrected chi connectivity index (χ0v) is 20.6. The number of urea groups is 1. The van der Waals surface area contributed by atoms with Crippen molar-refractivity contribution in [2.45, 2.75) is 62.7 Å². The summed E-state index contributed by atoms with van der Waals surface area (Å²) in [6.07, 6.45) is -0.522. The molecular weight excluding hydrogens is 487 g/mol. The van der Waals surface area contributed by atoms with Crippen molar-refractivity contribution in [1.29, 1.82) is 0 Å². The summed E-state index contributed by atoms with van der Waals surface area (Å²) < 4.78 is 64.9. The smallest absolute Gasteiger partial charge is 0.331 e. The molecule has 3 atom stereocenters. The first-order valence-electron chi connectivity index (χ1n) is 11.4. The van der Waals surface area contributed by atoms with E-state index in [1.165, 1.54) is 12.1 Å². The van der Waals surface area contributed by atoms with Crippen molar-refractivity contribution >= 4 is 29.2 Å². The number of carbonyl (C=O) groups is 3. The molecule has 2 saturated heterocycles. The van der Waals surface area contributed by atoms with E-state index in [1.807, 2.05) is 5.32 Å². The zero-order chi connectivity index (χ0) is 26.0. The zero-order valence-electron chi connectivity index (χ0n) is 19.8. The van der Waals surface area contributed by atoms with Crippen molar-refractivity contribution in [3.05, 3.63) is 35.6 Å². The summed E-state index contributed by atoms with van der Waals surface area (Å²) in [5.74, 6) is -10.0. The van der Waals surface area contributed by atoms with Gasteiger partial charge in [0.2, 0.25) is 11.8 Å². The van der Waals surface area contributed by atoms with Gasteiger partial charge < -0.3 is 9.29 Å². The molecule has 3 unspecified atom stereocenters. The normalized spacial score (nSPS) is 22.2. The molecular formula is C23H30F3N3O5S. The van der Waals surface area contributed by atoms with Crippen molar-refractivity contribution in [1.82, 2.24) is 14.9 Å². The largest absolute Gasteiger partial charge is 0.598 e. The maximum atomic E-state index is 15.7. The predicted molar refractivity (Wildman–Crippen MR) is 122 cm³/mol. The molecule has 2 N–H and O–H groups in total. The lowest BCUT2D eigenvalue weighted by atomic mass is 9.85. The van der Waals surface area contributed by atoms with Gasteiger partial charge in [0, 0.05) is 37.0 Å². The molecule has 12 heteroatoms. The van der Waals surface area contributed by atoms with E-state index in [0.717, 1.165) is 17.0 Å². The Kier molecular flexibility index (Phi) is 8.51. The van der Waals surface area contributed by atoms with Crippen molar-refractivity contribution in [2.24, 2.45) is 5.92 Å². The first-order chi connectivity index (χ1) is 16.3. The van der Waals surface area contributed by atoms with E-state index in [4.69, 9.17) is 4.74 Å². The topological polar surface area (TPSA) is 111 Å². The van der Waals surface area contributed by atoms with E-state index in [0.29, 0.717) is 26.1 Å². The Labute approximate surface area is 205 Å². The first-order valence-corrected chi connectivity index (χ1v) is 12.5. The number of alkyl halides is 2. The Morgan fingerprint density at radius 2 is 1.89 bits per heavy atom. The first kappa shape index (κ1) is 27.4. The molecule has 4 amide bonds. The van der Waals surface area contributed by atoms with Gasteiger partial charge in [-0.25, -0.2) is 18.0 Å². The van der Waals surface area contributed by atoms with Gasteiger partial charge in [-0.15, -0.1) is 4.72 Å². The van der Waals surface area contributed by atoms with E-state index < -0.39 is 76.5 Å². The summed E-state index contributed by atoms with van der Waals surface area (Å²) >= 11 is -1.69. The van der Waals surface area contributed by atoms with Gasteiger partial charge in [0.05, 0.1) is 12.5 Å². The van der Waals surface area contributed by atoms with Crippen LogP contribution in [0.1, 0.15) is 51.5 Å². The third kappa shape index (κ3) is 6.54. The molecule has 0 saturated carbocycles. The number of hydrogen-bond donors (Lipinski definition) is 2. The highest BCUT2D eigenvalue weighted by Crippen LogP contribution is 2.40. The molecule has 35 heavy (non-hydrogen) atoms. The number of ether oxygens (including phenoxy) is 1. The van der Waals surface area contributed by atoms with Crippen LogP contribution >= 0.6 is 0 Å². The standard InChI is InChI=1S/C23H30F3N3O5S/c1-22(2,3)35(33)27-13-18(14-5-4-6-15(24)11-14)23(25,26)12-17-19(30)28-21(32)29(20(17)31)16-7-9-34-10-8-16/h4-6,11,16-18,27H,7-10,12-13H2,1-3H3,(H,28,30,32). The fourth-order valence-corrected chi connectivity index (χ4v) is 4.88. The highest BCUT2D eigenvalue weighted by Gasteiger charge is 2.51. The SMILES string of the molecule is CC(C)(C)[S+]([O-])NCC(c1cccc(F)c1)C(F)(F)CC1C(=O)NC(=O)N(C2CCOCC2)C1=O. The number of nitrogens with one attached hydrogen (secondary N) is 2. The van der Waals surface area contributed by atoms with Crippen LogP contribution in [0.4, 0.5) is 18.0 Å². The van der Waals surface area contributed by atoms with Crippen LogP contribution in [0, 0.1) is 11.7 Å². The van der Waals surface area contributed by atoms with Crippen molar-refractivity contribution in [3.8, 4) is 0 Å². The Balaban J connectivity index is 1.86. The number of hydrogen-bond acceptors (Lipinski definition) is 6. The van der Waals surface area contributed by atoms with Crippen molar-refractivity contribution in [2.75, 3.05) is 19.8 Å². The molecule has 1 aromatic rings. The summed E-state index contributed by atoms with van der Waals surface area (Å²) in [5.41, 5.74) is -0.0746. The molecule has 0 aromatic heterocycles. The average molecular weight is 518 g/mol. The van der Waals surface area contributed by atoms with Gasteiger partial charge in [0.25, 0.3) is 5.92 Å². The van der Waals surface area contributed by atoms with Crippen LogP contribution in [0.3, 0.4) is 0 Å². The van der Waals surface area contributed by atoms with Gasteiger partial charge in [-0.3, -0.25) is 19.8 Å². The number of nitrogens with zero attached hydrogens (tertiary/aromatic N) is 1. The maximum Gasteiger partial charge on any atom is 0.331 e. The van der Waals surface area contributed by atoms with Crippen LogP contribution in [-0.4, -0.2) is 63.8 Å². The number of barbiturate groups is 1. The van der Waals surface area contributed by atoms with Crippen molar-refractivity contribution < 1.29 is 36.8 Å².